The molecule has 0 aromatic rings. The smallest absolute Gasteiger partial charge is 0.152 e. The van der Waals surface area contributed by atoms with Crippen LogP contribution in [0.1, 0.15) is 32.6 Å². The van der Waals surface area contributed by atoms with Gasteiger partial charge in [0.15, 0.2) is 5.78 Å². The van der Waals surface area contributed by atoms with Crippen molar-refractivity contribution >= 4 is 5.78 Å². The van der Waals surface area contributed by atoms with E-state index in [-0.39, 0.29) is 5.78 Å². The molecule has 1 atom stereocenters. The molecule has 0 unspecified atom stereocenters. The fourth-order valence-electron chi connectivity index (χ4n) is 1.20. The zero-order valence-corrected chi connectivity index (χ0v) is 5.81. The highest BCUT2D eigenvalue weighted by atomic mass is 16.1. The van der Waals surface area contributed by atoms with E-state index in [1.54, 1.807) is 0 Å². The number of rotatable bonds is 0. The van der Waals surface area contributed by atoms with E-state index in [0.29, 0.717) is 6.42 Å². The molecule has 1 aliphatic rings. The second-order valence-electron chi connectivity index (χ2n) is 3.05. The molecule has 0 saturated heterocycles. The van der Waals surface area contributed by atoms with Gasteiger partial charge in [-0.15, -0.1) is 0 Å². The second-order valence-corrected chi connectivity index (χ2v) is 3.05. The first-order valence-electron chi connectivity index (χ1n) is 3.45. The second kappa shape index (κ2) is 2.10. The van der Waals surface area contributed by atoms with E-state index in [2.05, 4.69) is 0 Å². The van der Waals surface area contributed by atoms with E-state index < -0.39 is 5.54 Å². The molecule has 0 aromatic heterocycles. The van der Waals surface area contributed by atoms with Crippen molar-refractivity contribution in [3.63, 3.8) is 0 Å². The molecule has 0 amide bonds. The van der Waals surface area contributed by atoms with Crippen LogP contribution in [-0.4, -0.2) is 11.3 Å². The normalized spacial score (nSPS) is 36.9. The molecule has 1 fully saturated rings. The third-order valence-corrected chi connectivity index (χ3v) is 1.99. The van der Waals surface area contributed by atoms with Crippen molar-refractivity contribution in [1.82, 2.24) is 0 Å². The highest BCUT2D eigenvalue weighted by Crippen LogP contribution is 2.21. The molecule has 9 heavy (non-hydrogen) atoms. The molecule has 1 aliphatic carbocycles. The molecular formula is C7H13NO. The van der Waals surface area contributed by atoms with E-state index in [1.807, 2.05) is 6.92 Å². The number of hydrogen-bond acceptors (Lipinski definition) is 2. The molecule has 0 aliphatic heterocycles. The Morgan fingerprint density at radius 2 is 2.22 bits per heavy atom. The molecule has 1 saturated carbocycles. The summed E-state index contributed by atoms with van der Waals surface area (Å²) in [5, 5.41) is 0. The Morgan fingerprint density at radius 1 is 1.56 bits per heavy atom. The van der Waals surface area contributed by atoms with Crippen LogP contribution in [0.4, 0.5) is 0 Å². The van der Waals surface area contributed by atoms with E-state index in [1.165, 1.54) is 0 Å². The summed E-state index contributed by atoms with van der Waals surface area (Å²) in [6.45, 7) is 1.83. The number of carbonyl (C=O) groups is 1. The lowest BCUT2D eigenvalue weighted by atomic mass is 9.83. The molecule has 0 aromatic carbocycles. The van der Waals surface area contributed by atoms with Crippen LogP contribution in [0.5, 0.6) is 0 Å². The van der Waals surface area contributed by atoms with Crippen molar-refractivity contribution in [3.05, 3.63) is 0 Å². The number of nitrogens with two attached hydrogens (primary N) is 1. The Morgan fingerprint density at radius 3 is 2.56 bits per heavy atom. The van der Waals surface area contributed by atoms with Crippen molar-refractivity contribution in [1.29, 1.82) is 0 Å². The summed E-state index contributed by atoms with van der Waals surface area (Å²) in [5.74, 6) is 0.230. The Kier molecular flexibility index (Phi) is 1.58. The van der Waals surface area contributed by atoms with Gasteiger partial charge < -0.3 is 5.73 Å². The summed E-state index contributed by atoms with van der Waals surface area (Å²) >= 11 is 0. The molecule has 2 N–H and O–H groups in total. The van der Waals surface area contributed by atoms with Gasteiger partial charge in [0, 0.05) is 6.42 Å². The van der Waals surface area contributed by atoms with Gasteiger partial charge in [-0.25, -0.2) is 0 Å². The first-order chi connectivity index (χ1) is 4.13. The van der Waals surface area contributed by atoms with Crippen molar-refractivity contribution < 1.29 is 4.79 Å². The van der Waals surface area contributed by atoms with Crippen LogP contribution in [0, 0.1) is 0 Å². The lowest BCUT2D eigenvalue weighted by Gasteiger charge is -2.26. The summed E-state index contributed by atoms with van der Waals surface area (Å²) in [6, 6.07) is 0. The molecule has 0 bridgehead atoms. The van der Waals surface area contributed by atoms with Gasteiger partial charge in [0.2, 0.25) is 0 Å². The van der Waals surface area contributed by atoms with E-state index in [0.717, 1.165) is 19.3 Å². The molecule has 52 valence electrons. The Balaban J connectivity index is 2.60. The van der Waals surface area contributed by atoms with Crippen LogP contribution in [0.25, 0.3) is 0 Å². The summed E-state index contributed by atoms with van der Waals surface area (Å²) in [4.78, 5) is 11.0. The number of hydrogen-bond donors (Lipinski definition) is 1. The standard InChI is InChI=1S/C7H13NO/c1-7(8)5-3-2-4-6(7)9/h2-5,8H2,1H3/t7-/m0/s1. The van der Waals surface area contributed by atoms with E-state index >= 15 is 0 Å². The number of ketones is 1. The van der Waals surface area contributed by atoms with Gasteiger partial charge in [0.1, 0.15) is 0 Å². The fraction of sp³-hybridized carbons (Fsp3) is 0.857. The molecule has 2 heteroatoms. The molecule has 0 heterocycles. The first kappa shape index (κ1) is 6.75. The lowest BCUT2D eigenvalue weighted by Crippen LogP contribution is -2.46. The maximum Gasteiger partial charge on any atom is 0.152 e. The molecule has 1 rings (SSSR count). The lowest BCUT2D eigenvalue weighted by molar-refractivity contribution is -0.125. The van der Waals surface area contributed by atoms with Gasteiger partial charge in [-0.3, -0.25) is 4.79 Å². The van der Waals surface area contributed by atoms with Gasteiger partial charge >= 0.3 is 0 Å². The average molecular weight is 127 g/mol. The Bertz CT molecular complexity index is 129. The molecule has 2 nitrogen and oxygen atoms in total. The molecule has 0 spiro atoms. The first-order valence-corrected chi connectivity index (χ1v) is 3.45. The van der Waals surface area contributed by atoms with Crippen LogP contribution < -0.4 is 5.73 Å². The average Bonchev–Trinajstić information content (AvgIpc) is 1.77. The summed E-state index contributed by atoms with van der Waals surface area (Å²) in [7, 11) is 0. The van der Waals surface area contributed by atoms with Crippen molar-refractivity contribution in [2.75, 3.05) is 0 Å². The minimum Gasteiger partial charge on any atom is -0.319 e. The SMILES string of the molecule is C[C@]1(N)CCCCC1=O. The molecular weight excluding hydrogens is 114 g/mol. The van der Waals surface area contributed by atoms with Crippen molar-refractivity contribution in [3.8, 4) is 0 Å². The largest absolute Gasteiger partial charge is 0.319 e. The quantitative estimate of drug-likeness (QED) is 0.524. The third-order valence-electron chi connectivity index (χ3n) is 1.99. The fourth-order valence-corrected chi connectivity index (χ4v) is 1.20. The summed E-state index contributed by atoms with van der Waals surface area (Å²) in [6.07, 6.45) is 3.70. The Labute approximate surface area is 55.4 Å². The summed E-state index contributed by atoms with van der Waals surface area (Å²) < 4.78 is 0. The minimum absolute atomic E-state index is 0.230. The molecule has 0 radical (unpaired) electrons. The van der Waals surface area contributed by atoms with Crippen molar-refractivity contribution in [2.45, 2.75) is 38.1 Å². The number of carbonyl (C=O) groups excluding carboxylic acids is 1. The Hall–Kier alpha value is -0.370. The van der Waals surface area contributed by atoms with Crippen LogP contribution in [0.15, 0.2) is 0 Å². The van der Waals surface area contributed by atoms with Crippen LogP contribution in [0.3, 0.4) is 0 Å². The van der Waals surface area contributed by atoms with E-state index in [4.69, 9.17) is 5.73 Å². The minimum atomic E-state index is -0.502. The van der Waals surface area contributed by atoms with Gasteiger partial charge in [-0.2, -0.15) is 0 Å². The predicted molar refractivity (Wildman–Crippen MR) is 36.1 cm³/mol. The van der Waals surface area contributed by atoms with Gasteiger partial charge in [-0.05, 0) is 19.8 Å². The van der Waals surface area contributed by atoms with Crippen LogP contribution in [-0.2, 0) is 4.79 Å². The highest BCUT2D eigenvalue weighted by molar-refractivity contribution is 5.88. The van der Waals surface area contributed by atoms with Gasteiger partial charge in [0.05, 0.1) is 5.54 Å². The van der Waals surface area contributed by atoms with E-state index in [9.17, 15) is 4.79 Å². The van der Waals surface area contributed by atoms with Crippen LogP contribution in [0.2, 0.25) is 0 Å². The van der Waals surface area contributed by atoms with Crippen LogP contribution >= 0.6 is 0 Å². The topological polar surface area (TPSA) is 43.1 Å². The third kappa shape index (κ3) is 1.30. The highest BCUT2D eigenvalue weighted by Gasteiger charge is 2.29. The van der Waals surface area contributed by atoms with Gasteiger partial charge in [-0.1, -0.05) is 6.42 Å². The zero-order valence-electron chi connectivity index (χ0n) is 5.81. The number of Topliss-reactive ketones (excluding diaryl/α,β-unsaturated/α-hetero) is 1. The van der Waals surface area contributed by atoms with Crippen molar-refractivity contribution in [2.24, 2.45) is 5.73 Å². The predicted octanol–water partition coefficient (Wildman–Crippen LogP) is 0.847. The van der Waals surface area contributed by atoms with Gasteiger partial charge in [0.25, 0.3) is 0 Å². The maximum atomic E-state index is 11.0. The zero-order chi connectivity index (χ0) is 6.91. The monoisotopic (exact) mass is 127 g/mol. The summed E-state index contributed by atoms with van der Waals surface area (Å²) in [5.41, 5.74) is 5.17. The maximum absolute atomic E-state index is 11.0.